The molecular formula is C63H110O6. The van der Waals surface area contributed by atoms with Crippen LogP contribution in [0.2, 0.25) is 0 Å². The summed E-state index contributed by atoms with van der Waals surface area (Å²) in [6, 6.07) is 0. The van der Waals surface area contributed by atoms with Gasteiger partial charge in [0.15, 0.2) is 6.10 Å². The maximum Gasteiger partial charge on any atom is 0.306 e. The van der Waals surface area contributed by atoms with Gasteiger partial charge >= 0.3 is 17.9 Å². The summed E-state index contributed by atoms with van der Waals surface area (Å²) in [5.74, 6) is -0.959. The SMILES string of the molecule is CCCCC/C=C\C/C=C\CCCCCCCC(=O)O[C@@H](COC(=O)CCC/C=C\C/C=C\C/C=C\CCCCCCCC)COC(=O)CCCCCCCCCCC/C=C\CCCCCCCC. The Hall–Kier alpha value is -3.15. The molecule has 0 bridgehead atoms. The van der Waals surface area contributed by atoms with Crippen molar-refractivity contribution in [3.8, 4) is 0 Å². The Morgan fingerprint density at radius 2 is 0.536 bits per heavy atom. The Kier molecular flexibility index (Phi) is 54.8. The molecule has 0 aliphatic carbocycles. The summed E-state index contributed by atoms with van der Waals surface area (Å²) in [4.78, 5) is 38.2. The van der Waals surface area contributed by atoms with Crippen molar-refractivity contribution in [2.75, 3.05) is 13.2 Å². The average Bonchev–Trinajstić information content (AvgIpc) is 3.35. The van der Waals surface area contributed by atoms with Crippen molar-refractivity contribution in [1.29, 1.82) is 0 Å². The van der Waals surface area contributed by atoms with Gasteiger partial charge in [0.2, 0.25) is 0 Å². The van der Waals surface area contributed by atoms with Crippen LogP contribution < -0.4 is 0 Å². The van der Waals surface area contributed by atoms with Crippen molar-refractivity contribution < 1.29 is 28.6 Å². The minimum Gasteiger partial charge on any atom is -0.462 e. The van der Waals surface area contributed by atoms with E-state index >= 15 is 0 Å². The standard InChI is InChI=1S/C63H110O6/c1-4-7-10-13-16-19-22-25-28-30-31-33-36-38-41-44-47-50-53-56-62(65)68-59-60(69-63(66)57-54-51-48-45-42-39-34-27-24-21-18-15-12-9-6-3)58-67-61(64)55-52-49-46-43-40-37-35-32-29-26-23-20-17-14-11-8-5-2/h18,21,25-29,34-35,37,43,46,60H,4-17,19-20,22-24,30-33,36,38-42,44-45,47-59H2,1-3H3/b21-18-,28-25-,29-26-,34-27-,37-35-,46-43-/t60-/m0/s1. The maximum atomic E-state index is 12.8. The van der Waals surface area contributed by atoms with E-state index in [-0.39, 0.29) is 37.5 Å². The lowest BCUT2D eigenvalue weighted by Crippen LogP contribution is -2.30. The van der Waals surface area contributed by atoms with Gasteiger partial charge in [-0.15, -0.1) is 0 Å². The fraction of sp³-hybridized carbons (Fsp3) is 0.762. The summed E-state index contributed by atoms with van der Waals surface area (Å²) in [5, 5.41) is 0. The molecule has 0 N–H and O–H groups in total. The molecule has 0 saturated carbocycles. The largest absolute Gasteiger partial charge is 0.462 e. The van der Waals surface area contributed by atoms with E-state index < -0.39 is 6.10 Å². The molecule has 0 rings (SSSR count). The summed E-state index contributed by atoms with van der Waals surface area (Å²) < 4.78 is 16.8. The fourth-order valence-corrected chi connectivity index (χ4v) is 8.19. The molecule has 1 atom stereocenters. The van der Waals surface area contributed by atoms with Crippen LogP contribution in [0.5, 0.6) is 0 Å². The highest BCUT2D eigenvalue weighted by Gasteiger charge is 2.19. The van der Waals surface area contributed by atoms with Crippen LogP contribution in [0.15, 0.2) is 72.9 Å². The molecule has 0 aromatic heterocycles. The van der Waals surface area contributed by atoms with Gasteiger partial charge < -0.3 is 14.2 Å². The highest BCUT2D eigenvalue weighted by atomic mass is 16.6. The first-order valence-electron chi connectivity index (χ1n) is 29.4. The van der Waals surface area contributed by atoms with Crippen LogP contribution in [0.3, 0.4) is 0 Å². The molecule has 6 nitrogen and oxygen atoms in total. The molecule has 0 aromatic rings. The molecule has 0 unspecified atom stereocenters. The van der Waals surface area contributed by atoms with Gasteiger partial charge in [-0.25, -0.2) is 0 Å². The zero-order valence-electron chi connectivity index (χ0n) is 45.6. The number of hydrogen-bond acceptors (Lipinski definition) is 6. The number of allylic oxidation sites excluding steroid dienone is 12. The smallest absolute Gasteiger partial charge is 0.306 e. The number of carbonyl (C=O) groups is 3. The molecule has 0 fully saturated rings. The van der Waals surface area contributed by atoms with Crippen LogP contribution in [-0.4, -0.2) is 37.2 Å². The van der Waals surface area contributed by atoms with Gasteiger partial charge in [0.05, 0.1) is 0 Å². The lowest BCUT2D eigenvalue weighted by molar-refractivity contribution is -0.167. The summed E-state index contributed by atoms with van der Waals surface area (Å²) in [6.07, 6.45) is 73.2. The molecule has 0 aliphatic heterocycles. The Labute approximate surface area is 427 Å². The van der Waals surface area contributed by atoms with E-state index in [0.29, 0.717) is 19.3 Å². The van der Waals surface area contributed by atoms with Crippen molar-refractivity contribution in [3.05, 3.63) is 72.9 Å². The van der Waals surface area contributed by atoms with Crippen LogP contribution in [0.4, 0.5) is 0 Å². The first kappa shape index (κ1) is 65.8. The van der Waals surface area contributed by atoms with Crippen LogP contribution in [0.25, 0.3) is 0 Å². The second-order valence-corrected chi connectivity index (χ2v) is 19.5. The van der Waals surface area contributed by atoms with Crippen LogP contribution >= 0.6 is 0 Å². The zero-order chi connectivity index (χ0) is 50.0. The molecule has 0 aliphatic rings. The van der Waals surface area contributed by atoms with Gasteiger partial charge in [0, 0.05) is 19.3 Å². The van der Waals surface area contributed by atoms with Crippen molar-refractivity contribution in [1.82, 2.24) is 0 Å². The van der Waals surface area contributed by atoms with E-state index in [9.17, 15) is 14.4 Å². The Bertz CT molecular complexity index is 1290. The van der Waals surface area contributed by atoms with Gasteiger partial charge in [-0.2, -0.15) is 0 Å². The van der Waals surface area contributed by atoms with Crippen molar-refractivity contribution in [3.63, 3.8) is 0 Å². The molecule has 0 spiro atoms. The average molecular weight is 964 g/mol. The van der Waals surface area contributed by atoms with Crippen LogP contribution in [-0.2, 0) is 28.6 Å². The van der Waals surface area contributed by atoms with E-state index in [1.165, 1.54) is 161 Å². The maximum absolute atomic E-state index is 12.8. The lowest BCUT2D eigenvalue weighted by atomic mass is 10.1. The van der Waals surface area contributed by atoms with E-state index in [2.05, 4.69) is 93.7 Å². The molecule has 0 saturated heterocycles. The van der Waals surface area contributed by atoms with Gasteiger partial charge in [0.1, 0.15) is 13.2 Å². The van der Waals surface area contributed by atoms with Crippen molar-refractivity contribution >= 4 is 17.9 Å². The summed E-state index contributed by atoms with van der Waals surface area (Å²) in [7, 11) is 0. The molecule has 0 amide bonds. The number of rotatable bonds is 53. The third kappa shape index (κ3) is 55.6. The first-order chi connectivity index (χ1) is 34.0. The minimum absolute atomic E-state index is 0.0971. The lowest BCUT2D eigenvalue weighted by Gasteiger charge is -2.18. The number of hydrogen-bond donors (Lipinski definition) is 0. The first-order valence-corrected chi connectivity index (χ1v) is 29.4. The quantitative estimate of drug-likeness (QED) is 0.0262. The summed E-state index contributed by atoms with van der Waals surface area (Å²) >= 11 is 0. The predicted molar refractivity (Wildman–Crippen MR) is 298 cm³/mol. The second-order valence-electron chi connectivity index (χ2n) is 19.5. The van der Waals surface area contributed by atoms with Gasteiger partial charge in [-0.3, -0.25) is 14.4 Å². The van der Waals surface area contributed by atoms with E-state index in [0.717, 1.165) is 83.5 Å². The predicted octanol–water partition coefficient (Wildman–Crippen LogP) is 19.8. The molecule has 6 heteroatoms. The van der Waals surface area contributed by atoms with E-state index in [1.54, 1.807) is 0 Å². The third-order valence-electron chi connectivity index (χ3n) is 12.7. The second kappa shape index (κ2) is 57.4. The third-order valence-corrected chi connectivity index (χ3v) is 12.7. The van der Waals surface area contributed by atoms with Gasteiger partial charge in [-0.05, 0) is 109 Å². The fourth-order valence-electron chi connectivity index (χ4n) is 8.19. The Morgan fingerprint density at radius 1 is 0.290 bits per heavy atom. The molecule has 0 radical (unpaired) electrons. The van der Waals surface area contributed by atoms with E-state index in [4.69, 9.17) is 14.2 Å². The van der Waals surface area contributed by atoms with Crippen LogP contribution in [0, 0.1) is 0 Å². The minimum atomic E-state index is -0.804. The highest BCUT2D eigenvalue weighted by molar-refractivity contribution is 5.71. The Morgan fingerprint density at radius 3 is 0.913 bits per heavy atom. The van der Waals surface area contributed by atoms with E-state index in [1.807, 2.05) is 0 Å². The monoisotopic (exact) mass is 963 g/mol. The molecule has 69 heavy (non-hydrogen) atoms. The number of carbonyl (C=O) groups excluding carboxylic acids is 3. The number of esters is 3. The number of ether oxygens (including phenoxy) is 3. The molecule has 0 heterocycles. The molecular weight excluding hydrogens is 853 g/mol. The number of unbranched alkanes of at least 4 members (excludes halogenated alkanes) is 30. The summed E-state index contributed by atoms with van der Waals surface area (Å²) in [5.41, 5.74) is 0. The van der Waals surface area contributed by atoms with Crippen molar-refractivity contribution in [2.45, 2.75) is 297 Å². The highest BCUT2D eigenvalue weighted by Crippen LogP contribution is 2.15. The summed E-state index contributed by atoms with van der Waals surface area (Å²) in [6.45, 7) is 6.57. The topological polar surface area (TPSA) is 78.9 Å². The van der Waals surface area contributed by atoms with Crippen LogP contribution in [0.1, 0.15) is 290 Å². The zero-order valence-corrected chi connectivity index (χ0v) is 45.6. The van der Waals surface area contributed by atoms with Crippen molar-refractivity contribution in [2.24, 2.45) is 0 Å². The van der Waals surface area contributed by atoms with Gasteiger partial charge in [0.25, 0.3) is 0 Å². The normalized spacial score (nSPS) is 12.6. The van der Waals surface area contributed by atoms with Gasteiger partial charge in [-0.1, -0.05) is 235 Å². The molecule has 0 aromatic carbocycles. The molecule has 398 valence electrons. The Balaban J connectivity index is 4.45.